The molecule has 0 radical (unpaired) electrons. The van der Waals surface area contributed by atoms with Gasteiger partial charge in [0.2, 0.25) is 0 Å². The van der Waals surface area contributed by atoms with E-state index in [2.05, 4.69) is 21.2 Å². The zero-order valence-electron chi connectivity index (χ0n) is 15.6. The van der Waals surface area contributed by atoms with Crippen molar-refractivity contribution in [1.82, 2.24) is 5.32 Å². The highest BCUT2D eigenvalue weighted by molar-refractivity contribution is 9.10. The minimum atomic E-state index is -0.609. The highest BCUT2D eigenvalue weighted by Crippen LogP contribution is 2.34. The first kappa shape index (κ1) is 20.8. The highest BCUT2D eigenvalue weighted by atomic mass is 79.9. The van der Waals surface area contributed by atoms with Crippen LogP contribution in [0, 0.1) is 0 Å². The highest BCUT2D eigenvalue weighted by Gasteiger charge is 2.34. The summed E-state index contributed by atoms with van der Waals surface area (Å²) in [5.74, 6) is -0.361. The summed E-state index contributed by atoms with van der Waals surface area (Å²) in [6.07, 6.45) is 1.42. The minimum Gasteiger partial charge on any atom is -0.504 e. The first-order chi connectivity index (χ1) is 13.8. The lowest BCUT2D eigenvalue weighted by Crippen LogP contribution is -2.54. The number of benzene rings is 2. The molecule has 2 amide bonds. The second-order valence-corrected chi connectivity index (χ2v) is 7.17. The summed E-state index contributed by atoms with van der Waals surface area (Å²) in [7, 11) is 1.54. The summed E-state index contributed by atoms with van der Waals surface area (Å²) < 4.78 is 11.0. The molecule has 2 aromatic carbocycles. The van der Waals surface area contributed by atoms with E-state index < -0.39 is 11.8 Å². The molecule has 0 unspecified atom stereocenters. The van der Waals surface area contributed by atoms with Crippen molar-refractivity contribution in [1.29, 1.82) is 0 Å². The van der Waals surface area contributed by atoms with E-state index in [1.54, 1.807) is 44.4 Å². The van der Waals surface area contributed by atoms with Crippen molar-refractivity contribution in [3.05, 3.63) is 52.0 Å². The summed E-state index contributed by atoms with van der Waals surface area (Å²) in [6.45, 7) is 2.13. The van der Waals surface area contributed by atoms with Crippen molar-refractivity contribution in [3.63, 3.8) is 0 Å². The van der Waals surface area contributed by atoms with Gasteiger partial charge in [-0.3, -0.25) is 19.8 Å². The number of carbonyl (C=O) groups excluding carboxylic acids is 2. The number of thiocarbonyl (C=S) groups is 1. The smallest absolute Gasteiger partial charge is 0.270 e. The number of nitrogens with one attached hydrogen (secondary N) is 1. The van der Waals surface area contributed by atoms with Crippen LogP contribution in [0.3, 0.4) is 0 Å². The van der Waals surface area contributed by atoms with Gasteiger partial charge in [0.25, 0.3) is 11.8 Å². The molecule has 0 spiro atoms. The molecule has 0 bridgehead atoms. The van der Waals surface area contributed by atoms with E-state index in [4.69, 9.17) is 21.7 Å². The largest absolute Gasteiger partial charge is 0.504 e. The molecule has 7 nitrogen and oxygen atoms in total. The van der Waals surface area contributed by atoms with Gasteiger partial charge in [0.15, 0.2) is 16.6 Å². The van der Waals surface area contributed by atoms with Gasteiger partial charge in [-0.15, -0.1) is 0 Å². The zero-order valence-corrected chi connectivity index (χ0v) is 18.0. The van der Waals surface area contributed by atoms with Crippen molar-refractivity contribution in [2.75, 3.05) is 18.6 Å². The van der Waals surface area contributed by atoms with Crippen molar-refractivity contribution in [3.8, 4) is 17.2 Å². The van der Waals surface area contributed by atoms with Crippen LogP contribution in [0.2, 0.25) is 0 Å². The number of hydrogen-bond acceptors (Lipinski definition) is 6. The van der Waals surface area contributed by atoms with E-state index in [1.807, 2.05) is 0 Å². The number of hydrogen-bond donors (Lipinski definition) is 2. The molecule has 0 aromatic heterocycles. The Balaban J connectivity index is 2.02. The number of amides is 2. The molecule has 150 valence electrons. The van der Waals surface area contributed by atoms with Crippen LogP contribution >= 0.6 is 28.1 Å². The zero-order chi connectivity index (χ0) is 21.1. The van der Waals surface area contributed by atoms with Gasteiger partial charge < -0.3 is 14.6 Å². The van der Waals surface area contributed by atoms with E-state index in [9.17, 15) is 14.7 Å². The molecule has 0 aliphatic carbocycles. The van der Waals surface area contributed by atoms with Crippen molar-refractivity contribution < 1.29 is 24.2 Å². The number of phenols is 1. The fourth-order valence-corrected chi connectivity index (χ4v) is 3.45. The Bertz CT molecular complexity index is 1020. The first-order valence-electron chi connectivity index (χ1n) is 8.56. The van der Waals surface area contributed by atoms with E-state index in [0.29, 0.717) is 28.1 Å². The SMILES string of the molecule is CCOc1cc(/C=C2\C(=O)NC(=S)N(c3ccc(OC)cc3)C2=O)c(Br)cc1O. The molecule has 2 aromatic rings. The van der Waals surface area contributed by atoms with Crippen LogP contribution in [0.5, 0.6) is 17.2 Å². The van der Waals surface area contributed by atoms with Gasteiger partial charge in [0.1, 0.15) is 11.3 Å². The fourth-order valence-electron chi connectivity index (χ4n) is 2.72. The predicted molar refractivity (Wildman–Crippen MR) is 116 cm³/mol. The average Bonchev–Trinajstić information content (AvgIpc) is 2.68. The van der Waals surface area contributed by atoms with Crippen LogP contribution in [0.15, 0.2) is 46.4 Å². The number of ether oxygens (including phenoxy) is 2. The summed E-state index contributed by atoms with van der Waals surface area (Å²) in [5, 5.41) is 12.5. The van der Waals surface area contributed by atoms with Gasteiger partial charge in [0, 0.05) is 4.47 Å². The number of halogens is 1. The van der Waals surface area contributed by atoms with E-state index in [1.165, 1.54) is 17.0 Å². The maximum Gasteiger partial charge on any atom is 0.270 e. The quantitative estimate of drug-likeness (QED) is 0.390. The van der Waals surface area contributed by atoms with Gasteiger partial charge in [-0.25, -0.2) is 0 Å². The lowest BCUT2D eigenvalue weighted by molar-refractivity contribution is -0.122. The number of phenolic OH excluding ortho intramolecular Hbond substituents is 1. The molecule has 1 saturated heterocycles. The Morgan fingerprint density at radius 2 is 1.93 bits per heavy atom. The third-order valence-electron chi connectivity index (χ3n) is 4.11. The number of methoxy groups -OCH3 is 1. The normalized spacial score (nSPS) is 15.5. The average molecular weight is 477 g/mol. The Morgan fingerprint density at radius 1 is 1.24 bits per heavy atom. The summed E-state index contributed by atoms with van der Waals surface area (Å²) in [5.41, 5.74) is 0.877. The first-order valence-corrected chi connectivity index (χ1v) is 9.76. The Morgan fingerprint density at radius 3 is 2.55 bits per heavy atom. The number of rotatable bonds is 5. The maximum absolute atomic E-state index is 13.1. The topological polar surface area (TPSA) is 88.1 Å². The molecular weight excluding hydrogens is 460 g/mol. The molecule has 2 N–H and O–H groups in total. The summed E-state index contributed by atoms with van der Waals surface area (Å²) in [4.78, 5) is 26.8. The van der Waals surface area contributed by atoms with E-state index in [-0.39, 0.29) is 22.2 Å². The molecule has 1 aliphatic heterocycles. The van der Waals surface area contributed by atoms with Gasteiger partial charge in [0.05, 0.1) is 19.4 Å². The third-order valence-corrected chi connectivity index (χ3v) is 5.08. The molecule has 1 heterocycles. The van der Waals surface area contributed by atoms with E-state index in [0.717, 1.165) is 0 Å². The van der Waals surface area contributed by atoms with Crippen LogP contribution in [-0.2, 0) is 9.59 Å². The molecule has 29 heavy (non-hydrogen) atoms. The van der Waals surface area contributed by atoms with Crippen molar-refractivity contribution in [2.45, 2.75) is 6.92 Å². The molecule has 1 aliphatic rings. The van der Waals surface area contributed by atoms with Crippen LogP contribution in [-0.4, -0.2) is 35.8 Å². The Kier molecular flexibility index (Phi) is 6.19. The Labute approximate surface area is 181 Å². The number of anilines is 1. The monoisotopic (exact) mass is 476 g/mol. The maximum atomic E-state index is 13.1. The second kappa shape index (κ2) is 8.62. The van der Waals surface area contributed by atoms with Crippen LogP contribution in [0.25, 0.3) is 6.08 Å². The molecule has 9 heteroatoms. The Hall–Kier alpha value is -2.91. The van der Waals surface area contributed by atoms with Crippen LogP contribution < -0.4 is 19.7 Å². The number of nitrogens with zero attached hydrogens (tertiary/aromatic N) is 1. The fraction of sp³-hybridized carbons (Fsp3) is 0.150. The van der Waals surface area contributed by atoms with Gasteiger partial charge in [-0.05, 0) is 67.2 Å². The minimum absolute atomic E-state index is 0.0120. The number of carbonyl (C=O) groups is 2. The van der Waals surface area contributed by atoms with Crippen molar-refractivity contribution >= 4 is 56.8 Å². The lowest BCUT2D eigenvalue weighted by Gasteiger charge is -2.29. The van der Waals surface area contributed by atoms with Crippen LogP contribution in [0.1, 0.15) is 12.5 Å². The third kappa shape index (κ3) is 4.25. The molecule has 0 saturated carbocycles. The van der Waals surface area contributed by atoms with E-state index >= 15 is 0 Å². The van der Waals surface area contributed by atoms with Crippen molar-refractivity contribution in [2.24, 2.45) is 0 Å². The second-order valence-electron chi connectivity index (χ2n) is 5.93. The van der Waals surface area contributed by atoms with Crippen LogP contribution in [0.4, 0.5) is 5.69 Å². The summed E-state index contributed by atoms with van der Waals surface area (Å²) in [6, 6.07) is 9.70. The van der Waals surface area contributed by atoms with Gasteiger partial charge in [-0.2, -0.15) is 0 Å². The molecule has 3 rings (SSSR count). The van der Waals surface area contributed by atoms with Gasteiger partial charge in [-0.1, -0.05) is 15.9 Å². The predicted octanol–water partition coefficient (Wildman–Crippen LogP) is 3.39. The summed E-state index contributed by atoms with van der Waals surface area (Å²) >= 11 is 8.52. The van der Waals surface area contributed by atoms with Gasteiger partial charge >= 0.3 is 0 Å². The lowest BCUT2D eigenvalue weighted by atomic mass is 10.1. The molecular formula is C20H17BrN2O5S. The number of aromatic hydroxyl groups is 1. The standard InChI is InChI=1S/C20H17BrN2O5S/c1-3-28-17-9-11(15(21)10-16(17)24)8-14-18(25)22-20(29)23(19(14)26)12-4-6-13(27-2)7-5-12/h4-10,24H,3H2,1-2H3,(H,22,25,29)/b14-8+. The molecule has 0 atom stereocenters. The molecule has 1 fully saturated rings.